The summed E-state index contributed by atoms with van der Waals surface area (Å²) in [6.45, 7) is 2.28. The number of nitrogens with zero attached hydrogens (tertiary/aromatic N) is 2. The van der Waals surface area contributed by atoms with Crippen molar-refractivity contribution in [2.24, 2.45) is 7.05 Å². The molecular weight excluding hydrogens is 462 g/mol. The van der Waals surface area contributed by atoms with Gasteiger partial charge in [-0.25, -0.2) is 0 Å². The van der Waals surface area contributed by atoms with Crippen LogP contribution in [0.1, 0.15) is 38.9 Å². The van der Waals surface area contributed by atoms with Gasteiger partial charge in [0.1, 0.15) is 12.3 Å². The van der Waals surface area contributed by atoms with Gasteiger partial charge >= 0.3 is 0 Å². The quantitative estimate of drug-likeness (QED) is 0.337. The van der Waals surface area contributed by atoms with Crippen molar-refractivity contribution in [3.8, 4) is 11.3 Å². The molecule has 0 radical (unpaired) electrons. The lowest BCUT2D eigenvalue weighted by atomic mass is 9.93. The van der Waals surface area contributed by atoms with Crippen LogP contribution in [-0.4, -0.2) is 27.8 Å². The van der Waals surface area contributed by atoms with Crippen molar-refractivity contribution in [1.29, 1.82) is 0 Å². The molecule has 6 rings (SSSR count). The number of amides is 2. The van der Waals surface area contributed by atoms with E-state index in [0.29, 0.717) is 11.3 Å². The van der Waals surface area contributed by atoms with Crippen molar-refractivity contribution in [1.82, 2.24) is 14.8 Å². The van der Waals surface area contributed by atoms with Crippen molar-refractivity contribution in [2.75, 3.05) is 6.54 Å². The molecule has 0 aliphatic carbocycles. The molecule has 1 unspecified atom stereocenters. The van der Waals surface area contributed by atoms with Gasteiger partial charge in [0.05, 0.1) is 24.5 Å². The number of para-hydroxylation sites is 1. The molecule has 1 N–H and O–H groups in total. The van der Waals surface area contributed by atoms with Gasteiger partial charge < -0.3 is 19.2 Å². The Kier molecular flexibility index (Phi) is 5.64. The van der Waals surface area contributed by atoms with E-state index >= 15 is 0 Å². The van der Waals surface area contributed by atoms with Gasteiger partial charge in [0.15, 0.2) is 0 Å². The van der Waals surface area contributed by atoms with E-state index in [1.54, 1.807) is 17.2 Å². The van der Waals surface area contributed by atoms with Crippen molar-refractivity contribution < 1.29 is 14.0 Å². The van der Waals surface area contributed by atoms with Gasteiger partial charge in [-0.2, -0.15) is 0 Å². The van der Waals surface area contributed by atoms with Gasteiger partial charge in [-0.15, -0.1) is 0 Å². The summed E-state index contributed by atoms with van der Waals surface area (Å²) in [5.74, 6) is 0.285. The van der Waals surface area contributed by atoms with Gasteiger partial charge in [-0.05, 0) is 42.3 Å². The fourth-order valence-corrected chi connectivity index (χ4v) is 5.41. The Morgan fingerprint density at radius 3 is 2.49 bits per heavy atom. The molecule has 184 valence electrons. The molecule has 1 aliphatic rings. The molecule has 2 aromatic heterocycles. The second-order valence-corrected chi connectivity index (χ2v) is 9.48. The molecule has 6 nitrogen and oxygen atoms in total. The van der Waals surface area contributed by atoms with Gasteiger partial charge in [-0.1, -0.05) is 66.2 Å². The van der Waals surface area contributed by atoms with Crippen LogP contribution in [0, 0.1) is 6.92 Å². The largest absolute Gasteiger partial charge is 0.467 e. The Labute approximate surface area is 215 Å². The zero-order valence-corrected chi connectivity index (χ0v) is 20.8. The summed E-state index contributed by atoms with van der Waals surface area (Å²) in [6, 6.07) is 27.6. The summed E-state index contributed by atoms with van der Waals surface area (Å²) in [7, 11) is 2.06. The first kappa shape index (κ1) is 22.9. The monoisotopic (exact) mass is 489 g/mol. The number of carbonyl (C=O) groups is 2. The summed E-state index contributed by atoms with van der Waals surface area (Å²) >= 11 is 0. The van der Waals surface area contributed by atoms with Crippen LogP contribution >= 0.6 is 0 Å². The zero-order chi connectivity index (χ0) is 25.5. The number of nitrogens with one attached hydrogen (secondary N) is 1. The fraction of sp³-hybridized carbons (Fsp3) is 0.161. The molecule has 5 aromatic rings. The number of carbonyl (C=O) groups excluding carboxylic acids is 2. The van der Waals surface area contributed by atoms with Crippen molar-refractivity contribution in [3.05, 3.63) is 119 Å². The molecule has 0 fully saturated rings. The Morgan fingerprint density at radius 1 is 0.946 bits per heavy atom. The predicted molar refractivity (Wildman–Crippen MR) is 143 cm³/mol. The number of fused-ring (bicyclic) bond motifs is 2. The van der Waals surface area contributed by atoms with Gasteiger partial charge in [0.25, 0.3) is 5.91 Å². The summed E-state index contributed by atoms with van der Waals surface area (Å²) in [4.78, 5) is 28.5. The number of aryl methyl sites for hydroxylation is 2. The molecule has 1 aliphatic heterocycles. The van der Waals surface area contributed by atoms with Gasteiger partial charge in [-0.3, -0.25) is 9.59 Å². The van der Waals surface area contributed by atoms with Crippen LogP contribution in [0.3, 0.4) is 0 Å². The number of hydrogen-bond acceptors (Lipinski definition) is 3. The van der Waals surface area contributed by atoms with E-state index in [2.05, 4.69) is 60.3 Å². The van der Waals surface area contributed by atoms with E-state index in [1.807, 2.05) is 42.5 Å². The molecule has 0 saturated heterocycles. The summed E-state index contributed by atoms with van der Waals surface area (Å²) in [6.07, 6.45) is 1.57. The third-order valence-corrected chi connectivity index (χ3v) is 7.16. The zero-order valence-electron chi connectivity index (χ0n) is 20.8. The van der Waals surface area contributed by atoms with Crippen LogP contribution in [0.15, 0.2) is 95.6 Å². The molecule has 0 saturated carbocycles. The van der Waals surface area contributed by atoms with Crippen LogP contribution in [0.25, 0.3) is 22.2 Å². The van der Waals surface area contributed by atoms with Crippen LogP contribution in [0.2, 0.25) is 0 Å². The Balaban J connectivity index is 1.49. The third-order valence-electron chi connectivity index (χ3n) is 7.16. The maximum Gasteiger partial charge on any atom is 0.255 e. The number of hydrogen-bond donors (Lipinski definition) is 1. The van der Waals surface area contributed by atoms with Crippen molar-refractivity contribution in [3.63, 3.8) is 0 Å². The predicted octanol–water partition coefficient (Wildman–Crippen LogP) is 5.61. The van der Waals surface area contributed by atoms with Crippen molar-refractivity contribution >= 4 is 22.7 Å². The highest BCUT2D eigenvalue weighted by molar-refractivity contribution is 6.03. The van der Waals surface area contributed by atoms with E-state index in [-0.39, 0.29) is 24.9 Å². The van der Waals surface area contributed by atoms with Crippen LogP contribution in [0.4, 0.5) is 0 Å². The number of benzene rings is 3. The van der Waals surface area contributed by atoms with Crippen LogP contribution in [-0.2, 0) is 18.4 Å². The number of aromatic nitrogens is 1. The van der Waals surface area contributed by atoms with E-state index in [9.17, 15) is 9.59 Å². The average Bonchev–Trinajstić information content (AvgIpc) is 3.61. The second-order valence-electron chi connectivity index (χ2n) is 9.48. The van der Waals surface area contributed by atoms with E-state index in [0.717, 1.165) is 33.3 Å². The van der Waals surface area contributed by atoms with E-state index < -0.39 is 6.04 Å². The van der Waals surface area contributed by atoms with E-state index in [4.69, 9.17) is 4.42 Å². The molecule has 3 aromatic carbocycles. The maximum atomic E-state index is 13.7. The average molecular weight is 490 g/mol. The Bertz CT molecular complexity index is 1610. The molecule has 0 spiro atoms. The van der Waals surface area contributed by atoms with Crippen LogP contribution < -0.4 is 5.32 Å². The minimum absolute atomic E-state index is 0.0601. The first-order chi connectivity index (χ1) is 18.0. The first-order valence-electron chi connectivity index (χ1n) is 12.4. The Morgan fingerprint density at radius 2 is 1.70 bits per heavy atom. The lowest BCUT2D eigenvalue weighted by Crippen LogP contribution is -2.39. The first-order valence-corrected chi connectivity index (χ1v) is 12.4. The molecule has 2 amide bonds. The number of rotatable bonds is 6. The van der Waals surface area contributed by atoms with Gasteiger partial charge in [0.2, 0.25) is 5.91 Å². The standard InChI is InChI=1S/C31H27N3O3/c1-20-13-15-21(16-14-20)29-28(25-11-5-6-12-26(25)33(29)2)30-23-9-3-4-10-24(23)31(36)34(30)19-27(35)32-18-22-8-7-17-37-22/h3-17,30H,18-19H2,1-2H3,(H,32,35). The summed E-state index contributed by atoms with van der Waals surface area (Å²) < 4.78 is 7.53. The lowest BCUT2D eigenvalue weighted by molar-refractivity contribution is -0.122. The highest BCUT2D eigenvalue weighted by Gasteiger charge is 2.41. The molecule has 37 heavy (non-hydrogen) atoms. The molecule has 1 atom stereocenters. The minimum atomic E-state index is -0.402. The van der Waals surface area contributed by atoms with Crippen molar-refractivity contribution in [2.45, 2.75) is 19.5 Å². The van der Waals surface area contributed by atoms with E-state index in [1.165, 1.54) is 5.56 Å². The second kappa shape index (κ2) is 9.13. The SMILES string of the molecule is Cc1ccc(-c2c(C3c4ccccc4C(=O)N3CC(=O)NCc3ccco3)c3ccccc3n2C)cc1. The van der Waals surface area contributed by atoms with Gasteiger partial charge in [0, 0.05) is 29.1 Å². The van der Waals surface area contributed by atoms with Crippen LogP contribution in [0.5, 0.6) is 0 Å². The molecular formula is C31H27N3O3. The topological polar surface area (TPSA) is 67.5 Å². The highest BCUT2D eigenvalue weighted by Crippen LogP contribution is 2.46. The molecule has 3 heterocycles. The minimum Gasteiger partial charge on any atom is -0.467 e. The molecule has 6 heteroatoms. The fourth-order valence-electron chi connectivity index (χ4n) is 5.41. The summed E-state index contributed by atoms with van der Waals surface area (Å²) in [5.41, 5.74) is 6.94. The maximum absolute atomic E-state index is 13.7. The third kappa shape index (κ3) is 3.91. The lowest BCUT2D eigenvalue weighted by Gasteiger charge is -2.26. The molecule has 0 bridgehead atoms. The Hall–Kier alpha value is -4.58. The highest BCUT2D eigenvalue weighted by atomic mass is 16.3. The normalized spacial score (nSPS) is 14.8. The number of furan rings is 1. The summed E-state index contributed by atoms with van der Waals surface area (Å²) in [5, 5.41) is 3.96. The smallest absolute Gasteiger partial charge is 0.255 e.